The van der Waals surface area contributed by atoms with Crippen molar-refractivity contribution in [2.24, 2.45) is 0 Å². The van der Waals surface area contributed by atoms with Crippen LogP contribution in [0.4, 0.5) is 8.78 Å². The van der Waals surface area contributed by atoms with E-state index in [1.807, 2.05) is 0 Å². The zero-order chi connectivity index (χ0) is 20.7. The van der Waals surface area contributed by atoms with Crippen LogP contribution >= 0.6 is 0 Å². The van der Waals surface area contributed by atoms with Gasteiger partial charge in [-0.25, -0.2) is 13.5 Å². The second-order valence-electron chi connectivity index (χ2n) is 7.69. The molecule has 3 heterocycles. The van der Waals surface area contributed by atoms with Crippen molar-refractivity contribution in [3.05, 3.63) is 64.5 Å². The fourth-order valence-corrected chi connectivity index (χ4v) is 4.20. The summed E-state index contributed by atoms with van der Waals surface area (Å²) in [6.07, 6.45) is 1.46. The molecule has 0 N–H and O–H groups in total. The molecule has 5 rings (SSSR count). The van der Waals surface area contributed by atoms with E-state index in [-0.39, 0.29) is 5.56 Å². The molecule has 2 saturated heterocycles. The Morgan fingerprint density at radius 2 is 1.67 bits per heavy atom. The molecule has 0 unspecified atom stereocenters. The minimum absolute atomic E-state index is 0.217. The fraction of sp³-hybridized carbons (Fsp3) is 0.364. The van der Waals surface area contributed by atoms with Crippen molar-refractivity contribution in [2.45, 2.75) is 25.3 Å². The highest BCUT2D eigenvalue weighted by Crippen LogP contribution is 2.31. The van der Waals surface area contributed by atoms with Crippen LogP contribution in [0, 0.1) is 11.6 Å². The van der Waals surface area contributed by atoms with Gasteiger partial charge in [0.2, 0.25) is 0 Å². The van der Waals surface area contributed by atoms with E-state index in [1.54, 1.807) is 24.3 Å². The Hall–Kier alpha value is -2.68. The largest absolute Gasteiger partial charge is 0.347 e. The zero-order valence-corrected chi connectivity index (χ0v) is 16.3. The summed E-state index contributed by atoms with van der Waals surface area (Å²) in [5.74, 6) is -2.36. The van der Waals surface area contributed by atoms with Crippen molar-refractivity contribution < 1.29 is 18.3 Å². The van der Waals surface area contributed by atoms with Gasteiger partial charge in [-0.05, 0) is 24.3 Å². The molecule has 0 atom stereocenters. The maximum absolute atomic E-state index is 13.9. The topological polar surface area (TPSA) is 56.6 Å². The highest BCUT2D eigenvalue weighted by atomic mass is 19.2. The minimum atomic E-state index is -0.950. The zero-order valence-electron chi connectivity index (χ0n) is 16.3. The molecule has 156 valence electrons. The van der Waals surface area contributed by atoms with Crippen LogP contribution in [-0.2, 0) is 16.1 Å². The summed E-state index contributed by atoms with van der Waals surface area (Å²) in [6.45, 7) is 2.95. The van der Waals surface area contributed by atoms with Gasteiger partial charge < -0.3 is 9.47 Å². The van der Waals surface area contributed by atoms with Gasteiger partial charge in [0.1, 0.15) is 0 Å². The lowest BCUT2D eigenvalue weighted by Crippen LogP contribution is -2.46. The highest BCUT2D eigenvalue weighted by molar-refractivity contribution is 5.93. The Kier molecular flexibility index (Phi) is 4.85. The predicted molar refractivity (Wildman–Crippen MR) is 107 cm³/mol. The first-order valence-corrected chi connectivity index (χ1v) is 10.0. The summed E-state index contributed by atoms with van der Waals surface area (Å²) < 4.78 is 40.2. The molecule has 2 aliphatic rings. The molecular weight excluding hydrogens is 392 g/mol. The molecule has 2 fully saturated rings. The van der Waals surface area contributed by atoms with Gasteiger partial charge in [-0.2, -0.15) is 5.10 Å². The summed E-state index contributed by atoms with van der Waals surface area (Å²) in [5.41, 5.74) is 0.648. The number of fused-ring (bicyclic) bond motifs is 1. The van der Waals surface area contributed by atoms with Gasteiger partial charge in [0.15, 0.2) is 17.4 Å². The molecule has 2 aliphatic heterocycles. The summed E-state index contributed by atoms with van der Waals surface area (Å²) >= 11 is 0. The summed E-state index contributed by atoms with van der Waals surface area (Å²) in [6, 6.07) is 10.7. The first kappa shape index (κ1) is 19.3. The van der Waals surface area contributed by atoms with E-state index in [0.717, 1.165) is 25.0 Å². The molecule has 2 aromatic carbocycles. The van der Waals surface area contributed by atoms with E-state index in [9.17, 15) is 13.6 Å². The standard InChI is InChI=1S/C22H21F2N3O3/c23-18-6-5-15(13-19(18)24)20-16-3-1-2-4-17(16)21(28)27(25-20)14-26-9-7-22(8-10-26)29-11-12-30-22/h1-6,13H,7-12,14H2. The second-order valence-corrected chi connectivity index (χ2v) is 7.69. The highest BCUT2D eigenvalue weighted by Gasteiger charge is 2.39. The Morgan fingerprint density at radius 3 is 2.37 bits per heavy atom. The van der Waals surface area contributed by atoms with E-state index in [0.29, 0.717) is 55.0 Å². The first-order chi connectivity index (χ1) is 14.5. The summed E-state index contributed by atoms with van der Waals surface area (Å²) in [4.78, 5) is 15.2. The first-order valence-electron chi connectivity index (χ1n) is 10.0. The SMILES string of the molecule is O=c1c2ccccc2c(-c2ccc(F)c(F)c2)nn1CN1CCC2(CC1)OCCO2. The van der Waals surface area contributed by atoms with Crippen LogP contribution < -0.4 is 5.56 Å². The maximum atomic E-state index is 13.9. The second kappa shape index (κ2) is 7.54. The van der Waals surface area contributed by atoms with Crippen LogP contribution in [0.15, 0.2) is 47.3 Å². The third-order valence-electron chi connectivity index (χ3n) is 5.83. The summed E-state index contributed by atoms with van der Waals surface area (Å²) in [7, 11) is 0. The molecule has 0 amide bonds. The number of halogens is 2. The third-order valence-corrected chi connectivity index (χ3v) is 5.83. The van der Waals surface area contributed by atoms with E-state index < -0.39 is 17.4 Å². The molecule has 0 radical (unpaired) electrons. The Labute approximate surface area is 171 Å². The van der Waals surface area contributed by atoms with Crippen molar-refractivity contribution in [3.8, 4) is 11.3 Å². The number of nitrogens with zero attached hydrogens (tertiary/aromatic N) is 3. The Morgan fingerprint density at radius 1 is 0.967 bits per heavy atom. The lowest BCUT2D eigenvalue weighted by atomic mass is 10.0. The van der Waals surface area contributed by atoms with Crippen LogP contribution in [0.2, 0.25) is 0 Å². The average molecular weight is 413 g/mol. The van der Waals surface area contributed by atoms with Crippen LogP contribution in [0.3, 0.4) is 0 Å². The van der Waals surface area contributed by atoms with Gasteiger partial charge >= 0.3 is 0 Å². The lowest BCUT2D eigenvalue weighted by molar-refractivity contribution is -0.187. The lowest BCUT2D eigenvalue weighted by Gasteiger charge is -2.37. The van der Waals surface area contributed by atoms with Crippen molar-refractivity contribution in [1.82, 2.24) is 14.7 Å². The number of benzene rings is 2. The molecule has 6 nitrogen and oxygen atoms in total. The molecule has 3 aromatic rings. The van der Waals surface area contributed by atoms with Crippen molar-refractivity contribution in [2.75, 3.05) is 26.3 Å². The number of rotatable bonds is 3. The number of hydrogen-bond donors (Lipinski definition) is 0. The normalized spacial score (nSPS) is 19.0. The van der Waals surface area contributed by atoms with Crippen LogP contribution in [-0.4, -0.2) is 46.8 Å². The number of hydrogen-bond acceptors (Lipinski definition) is 5. The van der Waals surface area contributed by atoms with E-state index in [2.05, 4.69) is 10.00 Å². The number of piperidine rings is 1. The molecule has 1 spiro atoms. The molecule has 1 aromatic heterocycles. The van der Waals surface area contributed by atoms with Crippen LogP contribution in [0.1, 0.15) is 12.8 Å². The number of ether oxygens (including phenoxy) is 2. The maximum Gasteiger partial charge on any atom is 0.275 e. The van der Waals surface area contributed by atoms with Crippen LogP contribution in [0.25, 0.3) is 22.0 Å². The van der Waals surface area contributed by atoms with Gasteiger partial charge in [-0.3, -0.25) is 9.69 Å². The predicted octanol–water partition coefficient (Wildman–Crippen LogP) is 3.14. The van der Waals surface area contributed by atoms with E-state index in [4.69, 9.17) is 9.47 Å². The van der Waals surface area contributed by atoms with Gasteiger partial charge in [0.05, 0.1) is 31.0 Å². The summed E-state index contributed by atoms with van der Waals surface area (Å²) in [5, 5.41) is 5.63. The number of likely N-dealkylation sites (tertiary alicyclic amines) is 1. The Balaban J connectivity index is 1.50. The van der Waals surface area contributed by atoms with Crippen molar-refractivity contribution in [3.63, 3.8) is 0 Å². The molecular formula is C22H21F2N3O3. The Bertz CT molecular complexity index is 1150. The molecule has 8 heteroatoms. The molecule has 0 aliphatic carbocycles. The van der Waals surface area contributed by atoms with Gasteiger partial charge in [0.25, 0.3) is 5.56 Å². The average Bonchev–Trinajstić information content (AvgIpc) is 3.22. The molecule has 0 saturated carbocycles. The van der Waals surface area contributed by atoms with Crippen LogP contribution in [0.5, 0.6) is 0 Å². The van der Waals surface area contributed by atoms with Crippen molar-refractivity contribution in [1.29, 1.82) is 0 Å². The third kappa shape index (κ3) is 3.40. The smallest absolute Gasteiger partial charge is 0.275 e. The molecule has 0 bridgehead atoms. The fourth-order valence-electron chi connectivity index (χ4n) is 4.20. The quantitative estimate of drug-likeness (QED) is 0.660. The van der Waals surface area contributed by atoms with Gasteiger partial charge in [0, 0.05) is 36.9 Å². The van der Waals surface area contributed by atoms with E-state index in [1.165, 1.54) is 10.7 Å². The van der Waals surface area contributed by atoms with Crippen molar-refractivity contribution >= 4 is 10.8 Å². The number of aromatic nitrogens is 2. The van der Waals surface area contributed by atoms with Gasteiger partial charge in [-0.1, -0.05) is 18.2 Å². The molecule has 30 heavy (non-hydrogen) atoms. The minimum Gasteiger partial charge on any atom is -0.347 e. The monoisotopic (exact) mass is 413 g/mol. The van der Waals surface area contributed by atoms with E-state index >= 15 is 0 Å². The van der Waals surface area contributed by atoms with Gasteiger partial charge in [-0.15, -0.1) is 0 Å².